The lowest BCUT2D eigenvalue weighted by molar-refractivity contribution is -0.116. The van der Waals surface area contributed by atoms with Gasteiger partial charge in [-0.05, 0) is 18.9 Å². The second-order valence-electron chi connectivity index (χ2n) is 5.92. The zero-order valence-corrected chi connectivity index (χ0v) is 13.9. The first-order valence-corrected chi connectivity index (χ1v) is 8.79. The van der Waals surface area contributed by atoms with Gasteiger partial charge in [-0.2, -0.15) is 0 Å². The molecule has 0 aromatic heterocycles. The van der Waals surface area contributed by atoms with E-state index in [-0.39, 0.29) is 12.4 Å². The quantitative estimate of drug-likeness (QED) is 0.353. The van der Waals surface area contributed by atoms with Gasteiger partial charge in [-0.25, -0.2) is 0 Å². The van der Waals surface area contributed by atoms with Gasteiger partial charge in [0.15, 0.2) is 5.78 Å². The Balaban J connectivity index is 3.22. The molecule has 0 unspecified atom stereocenters. The van der Waals surface area contributed by atoms with Crippen LogP contribution in [0.25, 0.3) is 0 Å². The van der Waals surface area contributed by atoms with Crippen LogP contribution in [0, 0.1) is 0 Å². The number of hydrogen-bond donors (Lipinski definition) is 2. The van der Waals surface area contributed by atoms with Crippen LogP contribution in [0.2, 0.25) is 0 Å². The van der Waals surface area contributed by atoms with E-state index in [1.165, 1.54) is 70.3 Å². The first-order valence-electron chi connectivity index (χ1n) is 8.79. The fraction of sp³-hybridized carbons (Fsp3) is 0.833. The van der Waals surface area contributed by atoms with E-state index < -0.39 is 6.04 Å². The Hall–Kier alpha value is -0.670. The van der Waals surface area contributed by atoms with E-state index in [9.17, 15) is 4.79 Å². The molecule has 3 N–H and O–H groups in total. The van der Waals surface area contributed by atoms with Crippen LogP contribution in [0.3, 0.4) is 0 Å². The number of ketones is 1. The summed E-state index contributed by atoms with van der Waals surface area (Å²) in [4.78, 5) is 11.3. The van der Waals surface area contributed by atoms with Crippen molar-refractivity contribution in [3.8, 4) is 0 Å². The number of rotatable bonds is 15. The Kier molecular flexibility index (Phi) is 15.2. The Morgan fingerprint density at radius 1 is 0.952 bits per heavy atom. The molecule has 0 aromatic rings. The number of carbonyl (C=O) groups is 1. The van der Waals surface area contributed by atoms with Crippen LogP contribution in [-0.4, -0.2) is 23.5 Å². The van der Waals surface area contributed by atoms with E-state index in [1.807, 2.05) is 6.08 Å². The molecular formula is C18H35NO2. The molecule has 0 aliphatic heterocycles. The van der Waals surface area contributed by atoms with E-state index in [4.69, 9.17) is 10.8 Å². The third-order valence-electron chi connectivity index (χ3n) is 3.82. The summed E-state index contributed by atoms with van der Waals surface area (Å²) in [5.74, 6) is -0.180. The van der Waals surface area contributed by atoms with Crippen LogP contribution in [-0.2, 0) is 4.79 Å². The molecule has 0 aliphatic rings. The number of aliphatic hydroxyl groups excluding tert-OH is 1. The summed E-state index contributed by atoms with van der Waals surface area (Å²) in [6.07, 6.45) is 19.0. The monoisotopic (exact) mass is 297 g/mol. The minimum absolute atomic E-state index is 0.180. The average Bonchev–Trinajstić information content (AvgIpc) is 2.50. The minimum Gasteiger partial charge on any atom is -0.394 e. The van der Waals surface area contributed by atoms with Crippen molar-refractivity contribution in [2.45, 2.75) is 90.0 Å². The topological polar surface area (TPSA) is 63.3 Å². The maximum atomic E-state index is 11.3. The molecule has 3 heteroatoms. The van der Waals surface area contributed by atoms with Gasteiger partial charge in [-0.3, -0.25) is 4.79 Å². The van der Waals surface area contributed by atoms with Crippen molar-refractivity contribution in [2.24, 2.45) is 5.73 Å². The highest BCUT2D eigenvalue weighted by molar-refractivity contribution is 5.94. The third kappa shape index (κ3) is 14.0. The third-order valence-corrected chi connectivity index (χ3v) is 3.82. The molecule has 0 saturated carbocycles. The van der Waals surface area contributed by atoms with Crippen LogP contribution >= 0.6 is 0 Å². The van der Waals surface area contributed by atoms with Crippen LogP contribution in [0.4, 0.5) is 0 Å². The molecule has 0 amide bonds. The van der Waals surface area contributed by atoms with Crippen molar-refractivity contribution < 1.29 is 9.90 Å². The van der Waals surface area contributed by atoms with Crippen LogP contribution in [0.15, 0.2) is 12.2 Å². The molecule has 0 spiro atoms. The standard InChI is InChI=1S/C18H35NO2/c1-2-3-4-5-6-7-8-9-10-11-12-13-14-15-18(21)17(19)16-20/h14-15,17,20H,2-13,16,19H2,1H3/b15-14+/t17-/m0/s1. The van der Waals surface area contributed by atoms with Gasteiger partial charge in [0.05, 0.1) is 12.6 Å². The summed E-state index contributed by atoms with van der Waals surface area (Å²) in [7, 11) is 0. The molecule has 0 radical (unpaired) electrons. The Morgan fingerprint density at radius 3 is 1.90 bits per heavy atom. The predicted molar refractivity (Wildman–Crippen MR) is 90.3 cm³/mol. The van der Waals surface area contributed by atoms with Gasteiger partial charge < -0.3 is 10.8 Å². The zero-order chi connectivity index (χ0) is 15.8. The van der Waals surface area contributed by atoms with E-state index in [0.717, 1.165) is 12.8 Å². The van der Waals surface area contributed by atoms with E-state index in [2.05, 4.69) is 6.92 Å². The summed E-state index contributed by atoms with van der Waals surface area (Å²) in [5, 5.41) is 8.73. The predicted octanol–water partition coefficient (Wildman–Crippen LogP) is 4.13. The molecule has 0 aliphatic carbocycles. The first-order chi connectivity index (χ1) is 10.2. The number of aliphatic hydroxyl groups is 1. The fourth-order valence-electron chi connectivity index (χ4n) is 2.34. The molecule has 1 atom stereocenters. The lowest BCUT2D eigenvalue weighted by Gasteiger charge is -2.02. The molecule has 0 aromatic carbocycles. The van der Waals surface area contributed by atoms with Crippen molar-refractivity contribution >= 4 is 5.78 Å². The lowest BCUT2D eigenvalue weighted by atomic mass is 10.1. The van der Waals surface area contributed by atoms with Gasteiger partial charge in [0.2, 0.25) is 0 Å². The van der Waals surface area contributed by atoms with Gasteiger partial charge in [0.25, 0.3) is 0 Å². The zero-order valence-electron chi connectivity index (χ0n) is 13.9. The molecule has 0 rings (SSSR count). The maximum Gasteiger partial charge on any atom is 0.174 e. The molecule has 124 valence electrons. The van der Waals surface area contributed by atoms with Crippen molar-refractivity contribution in [3.63, 3.8) is 0 Å². The van der Waals surface area contributed by atoms with E-state index >= 15 is 0 Å². The van der Waals surface area contributed by atoms with Gasteiger partial charge in [0, 0.05) is 0 Å². The molecule has 21 heavy (non-hydrogen) atoms. The van der Waals surface area contributed by atoms with Crippen molar-refractivity contribution in [2.75, 3.05) is 6.61 Å². The highest BCUT2D eigenvalue weighted by Gasteiger charge is 2.06. The summed E-state index contributed by atoms with van der Waals surface area (Å²) < 4.78 is 0. The molecular weight excluding hydrogens is 262 g/mol. The molecule has 0 fully saturated rings. The Bertz CT molecular complexity index is 264. The molecule has 0 bridgehead atoms. The van der Waals surface area contributed by atoms with E-state index in [1.54, 1.807) is 0 Å². The lowest BCUT2D eigenvalue weighted by Crippen LogP contribution is -2.32. The largest absolute Gasteiger partial charge is 0.394 e. The Morgan fingerprint density at radius 2 is 1.43 bits per heavy atom. The smallest absolute Gasteiger partial charge is 0.174 e. The average molecular weight is 297 g/mol. The number of nitrogens with two attached hydrogens (primary N) is 1. The number of allylic oxidation sites excluding steroid dienone is 1. The van der Waals surface area contributed by atoms with Crippen molar-refractivity contribution in [1.82, 2.24) is 0 Å². The summed E-state index contributed by atoms with van der Waals surface area (Å²) in [6, 6.07) is -0.751. The highest BCUT2D eigenvalue weighted by Crippen LogP contribution is 2.11. The normalized spacial score (nSPS) is 12.9. The second-order valence-corrected chi connectivity index (χ2v) is 5.92. The van der Waals surface area contributed by atoms with E-state index in [0.29, 0.717) is 0 Å². The SMILES string of the molecule is CCCCCCCCCCCCC/C=C/C(=O)[C@@H](N)CO. The maximum absolute atomic E-state index is 11.3. The van der Waals surface area contributed by atoms with Crippen molar-refractivity contribution in [3.05, 3.63) is 12.2 Å². The van der Waals surface area contributed by atoms with Crippen molar-refractivity contribution in [1.29, 1.82) is 0 Å². The van der Waals surface area contributed by atoms with Crippen LogP contribution in [0.5, 0.6) is 0 Å². The highest BCUT2D eigenvalue weighted by atomic mass is 16.3. The number of carbonyl (C=O) groups excluding carboxylic acids is 1. The first kappa shape index (κ1) is 20.3. The molecule has 0 saturated heterocycles. The van der Waals surface area contributed by atoms with Gasteiger partial charge in [0.1, 0.15) is 0 Å². The number of hydrogen-bond acceptors (Lipinski definition) is 3. The number of unbranched alkanes of at least 4 members (excludes halogenated alkanes) is 11. The summed E-state index contributed by atoms with van der Waals surface area (Å²) in [5.41, 5.74) is 5.41. The van der Waals surface area contributed by atoms with Crippen LogP contribution < -0.4 is 5.73 Å². The fourth-order valence-corrected chi connectivity index (χ4v) is 2.34. The van der Waals surface area contributed by atoms with Gasteiger partial charge in [-0.15, -0.1) is 0 Å². The summed E-state index contributed by atoms with van der Waals surface area (Å²) >= 11 is 0. The molecule has 3 nitrogen and oxygen atoms in total. The summed E-state index contributed by atoms with van der Waals surface area (Å²) in [6.45, 7) is 1.98. The van der Waals surface area contributed by atoms with Gasteiger partial charge >= 0.3 is 0 Å². The molecule has 0 heterocycles. The minimum atomic E-state index is -0.751. The Labute approximate surface area is 131 Å². The second kappa shape index (κ2) is 15.7. The van der Waals surface area contributed by atoms with Gasteiger partial charge in [-0.1, -0.05) is 77.2 Å². The van der Waals surface area contributed by atoms with Crippen LogP contribution in [0.1, 0.15) is 84.0 Å².